The summed E-state index contributed by atoms with van der Waals surface area (Å²) in [5.74, 6) is -1.16. The van der Waals surface area contributed by atoms with Gasteiger partial charge >= 0.3 is 27.1 Å². The second-order valence-corrected chi connectivity index (χ2v) is 16.9. The maximum Gasteiger partial charge on any atom is 0.469 e. The van der Waals surface area contributed by atoms with Crippen LogP contribution < -0.4 is 21.9 Å². The predicted molar refractivity (Wildman–Crippen MR) is 208 cm³/mol. The number of carbonyl (C=O) groups is 2. The van der Waals surface area contributed by atoms with Crippen LogP contribution in [-0.4, -0.2) is 140 Å². The molecule has 2 aliphatic rings. The molecule has 2 saturated heterocycles. The molecular formula is C34H43N9O16P2. The molecule has 9 N–H and O–H groups in total. The molecule has 2 aliphatic heterocycles. The van der Waals surface area contributed by atoms with Crippen LogP contribution >= 0.6 is 15.4 Å². The summed E-state index contributed by atoms with van der Waals surface area (Å²) in [6, 6.07) is 9.90. The number of nitrogen functional groups attached to an aromatic ring is 2. The molecule has 4 aromatic rings. The van der Waals surface area contributed by atoms with E-state index in [9.17, 15) is 48.4 Å². The molecule has 0 aliphatic carbocycles. The zero-order chi connectivity index (χ0) is 44.1. The van der Waals surface area contributed by atoms with E-state index in [0.29, 0.717) is 12.2 Å². The Morgan fingerprint density at radius 2 is 1.66 bits per heavy atom. The Balaban J connectivity index is 1.24. The van der Waals surface area contributed by atoms with Crippen molar-refractivity contribution in [3.63, 3.8) is 0 Å². The molecule has 330 valence electrons. The molecule has 2 unspecified atom stereocenters. The number of anilines is 2. The van der Waals surface area contributed by atoms with E-state index < -0.39 is 101 Å². The maximum atomic E-state index is 14.1. The summed E-state index contributed by atoms with van der Waals surface area (Å²) in [6.07, 6.45) is -6.82. The predicted octanol–water partition coefficient (Wildman–Crippen LogP) is -0.770. The maximum absolute atomic E-state index is 14.1. The fourth-order valence-corrected chi connectivity index (χ4v) is 8.64. The van der Waals surface area contributed by atoms with E-state index in [0.717, 1.165) is 17.1 Å². The van der Waals surface area contributed by atoms with Crippen LogP contribution in [0.15, 0.2) is 72.7 Å². The van der Waals surface area contributed by atoms with Gasteiger partial charge in [-0.05, 0) is 24.6 Å². The molecule has 2 fully saturated rings. The van der Waals surface area contributed by atoms with Crippen LogP contribution in [0.4, 0.5) is 11.6 Å². The number of phosphoric acid groups is 1. The van der Waals surface area contributed by atoms with Gasteiger partial charge < -0.3 is 64.7 Å². The lowest BCUT2D eigenvalue weighted by atomic mass is 10.1. The minimum absolute atomic E-state index is 0.00155. The molecule has 5 heterocycles. The standard InChI is InChI=1S/C34H43N9O16P2/c1-2-3-9-23(44)41(12-13-54-19-7-5-4-6-8-19)14-24(45)59-28-20(57-32(26(28)46)43-18-39-25-30(36)37-17-38-31(25)43)15-55-60(49,50)29-21(16-56-61(51,52)53)58-33(27(29)47)42-11-10-22(35)40-34(42)48/h2,4-8,10-11,17-18,20-21,26-29,32-33,46-47H,1,3,9,12-16H2,(H,49,50)(H2,35,40,48)(H2,36,37,38)(H2,51,52,53)/t20-,21?,26-,27-,28-,29-,32-,33-/m1/s1. The number of amides is 1. The van der Waals surface area contributed by atoms with Crippen molar-refractivity contribution in [2.45, 2.75) is 61.5 Å². The topological polar surface area (TPSA) is 359 Å². The number of allylic oxidation sites excluding steroid dienone is 1. The first kappa shape index (κ1) is 45.4. The molecule has 25 nitrogen and oxygen atoms in total. The molecule has 6 rings (SSSR count). The quantitative estimate of drug-likeness (QED) is 0.0345. The molecule has 0 bridgehead atoms. The minimum Gasteiger partial charge on any atom is -0.492 e. The van der Waals surface area contributed by atoms with Gasteiger partial charge in [-0.1, -0.05) is 24.3 Å². The van der Waals surface area contributed by atoms with Crippen molar-refractivity contribution < 1.29 is 71.6 Å². The Morgan fingerprint density at radius 1 is 0.951 bits per heavy atom. The van der Waals surface area contributed by atoms with Crippen LogP contribution in [0.2, 0.25) is 0 Å². The number of hydrogen-bond donors (Lipinski definition) is 7. The fourth-order valence-electron chi connectivity index (χ4n) is 6.65. The number of esters is 1. The molecule has 61 heavy (non-hydrogen) atoms. The third-order valence-electron chi connectivity index (χ3n) is 9.52. The summed E-state index contributed by atoms with van der Waals surface area (Å²) in [6.45, 7) is 0.937. The summed E-state index contributed by atoms with van der Waals surface area (Å²) in [4.78, 5) is 86.4. The molecular weight excluding hydrogens is 852 g/mol. The Kier molecular flexibility index (Phi) is 14.3. The Bertz CT molecular complexity index is 2350. The van der Waals surface area contributed by atoms with Crippen LogP contribution in [0, 0.1) is 0 Å². The van der Waals surface area contributed by atoms with Gasteiger partial charge in [-0.25, -0.2) is 24.3 Å². The zero-order valence-electron chi connectivity index (χ0n) is 32.0. The van der Waals surface area contributed by atoms with Crippen LogP contribution in [-0.2, 0) is 42.0 Å². The van der Waals surface area contributed by atoms with Crippen LogP contribution in [0.5, 0.6) is 5.75 Å². The number of nitrogens with two attached hydrogens (primary N) is 2. The lowest BCUT2D eigenvalue weighted by Crippen LogP contribution is -2.44. The molecule has 3 aromatic heterocycles. The number of rotatable bonds is 19. The monoisotopic (exact) mass is 895 g/mol. The number of aliphatic hydroxyl groups excluding tert-OH is 2. The number of para-hydroxylation sites is 1. The van der Waals surface area contributed by atoms with Gasteiger partial charge in [0.05, 0.1) is 26.1 Å². The Morgan fingerprint density at radius 3 is 2.36 bits per heavy atom. The van der Waals surface area contributed by atoms with Gasteiger partial charge in [0.15, 0.2) is 30.0 Å². The van der Waals surface area contributed by atoms with E-state index in [2.05, 4.69) is 31.0 Å². The van der Waals surface area contributed by atoms with Gasteiger partial charge in [-0.15, -0.1) is 6.58 Å². The van der Waals surface area contributed by atoms with E-state index in [-0.39, 0.29) is 42.4 Å². The third-order valence-corrected chi connectivity index (χ3v) is 11.9. The molecule has 0 radical (unpaired) electrons. The van der Waals surface area contributed by atoms with E-state index >= 15 is 0 Å². The summed E-state index contributed by atoms with van der Waals surface area (Å²) < 4.78 is 60.7. The van der Waals surface area contributed by atoms with Crippen molar-refractivity contribution >= 4 is 50.1 Å². The highest BCUT2D eigenvalue weighted by molar-refractivity contribution is 7.53. The Hall–Kier alpha value is -5.17. The van der Waals surface area contributed by atoms with Gasteiger partial charge in [-0.2, -0.15) is 4.98 Å². The first-order chi connectivity index (χ1) is 29.0. The lowest BCUT2D eigenvalue weighted by molar-refractivity contribution is -0.160. The number of benzene rings is 1. The number of carbonyl (C=O) groups excluding carboxylic acids is 2. The number of phosphoric ester groups is 1. The first-order valence-corrected chi connectivity index (χ1v) is 21.5. The van der Waals surface area contributed by atoms with E-state index in [1.165, 1.54) is 27.9 Å². The number of hydrogen-bond acceptors (Lipinski definition) is 19. The largest absolute Gasteiger partial charge is 0.492 e. The van der Waals surface area contributed by atoms with E-state index in [4.69, 9.17) is 34.9 Å². The average molecular weight is 896 g/mol. The van der Waals surface area contributed by atoms with Crippen molar-refractivity contribution in [3.05, 3.63) is 78.4 Å². The SMILES string of the molecule is C=CCCC(=O)N(CCOc1ccccc1)CC(=O)O[C@H]1[C@@H](O)[C@H](n2cnc3c(N)ncnc32)O[C@@H]1COP(=O)(O)[C@@H]1C(COP(=O)(O)O)O[C@@H](n2ccc(N)nc2=O)[C@@H]1O. The van der Waals surface area contributed by atoms with Gasteiger partial charge in [0, 0.05) is 12.6 Å². The minimum atomic E-state index is -5.26. The number of nitrogens with zero attached hydrogens (tertiary/aromatic N) is 7. The molecule has 0 spiro atoms. The second-order valence-electron chi connectivity index (χ2n) is 13.6. The van der Waals surface area contributed by atoms with Crippen LogP contribution in [0.25, 0.3) is 11.2 Å². The molecule has 27 heteroatoms. The fraction of sp³-hybridized carbons (Fsp3) is 0.441. The van der Waals surface area contributed by atoms with Gasteiger partial charge in [-0.3, -0.25) is 27.8 Å². The molecule has 1 amide bonds. The molecule has 1 aromatic carbocycles. The van der Waals surface area contributed by atoms with Gasteiger partial charge in [0.25, 0.3) is 0 Å². The summed E-state index contributed by atoms with van der Waals surface area (Å²) in [5, 5.41) is 23.0. The summed E-state index contributed by atoms with van der Waals surface area (Å²) in [7, 11) is -10.5. The lowest BCUT2D eigenvalue weighted by Gasteiger charge is -2.27. The third kappa shape index (κ3) is 10.8. The Labute approximate surface area is 345 Å². The van der Waals surface area contributed by atoms with Crippen LogP contribution in [0.3, 0.4) is 0 Å². The number of fused-ring (bicyclic) bond motifs is 1. The van der Waals surface area contributed by atoms with Crippen molar-refractivity contribution in [1.29, 1.82) is 0 Å². The van der Waals surface area contributed by atoms with Crippen molar-refractivity contribution in [1.82, 2.24) is 34.0 Å². The summed E-state index contributed by atoms with van der Waals surface area (Å²) >= 11 is 0. The number of aromatic nitrogens is 6. The zero-order valence-corrected chi connectivity index (χ0v) is 33.7. The number of imidazole rings is 1. The van der Waals surface area contributed by atoms with Gasteiger partial charge in [0.1, 0.15) is 66.6 Å². The highest BCUT2D eigenvalue weighted by Gasteiger charge is 2.56. The average Bonchev–Trinajstić information content (AvgIpc) is 3.88. The molecule has 0 saturated carbocycles. The number of ether oxygens (including phenoxy) is 4. The van der Waals surface area contributed by atoms with E-state index in [1.807, 2.05) is 0 Å². The van der Waals surface area contributed by atoms with Crippen molar-refractivity contribution in [2.75, 3.05) is 44.4 Å². The first-order valence-electron chi connectivity index (χ1n) is 18.3. The smallest absolute Gasteiger partial charge is 0.469 e. The normalized spacial score (nSPS) is 24.9. The van der Waals surface area contributed by atoms with E-state index in [1.54, 1.807) is 30.3 Å². The summed E-state index contributed by atoms with van der Waals surface area (Å²) in [5.41, 5.74) is 8.63. The number of aliphatic hydroxyl groups is 2. The second kappa shape index (κ2) is 19.3. The van der Waals surface area contributed by atoms with Gasteiger partial charge in [0.2, 0.25) is 5.91 Å². The molecule has 9 atom stereocenters. The van der Waals surface area contributed by atoms with Crippen molar-refractivity contribution in [3.8, 4) is 5.75 Å². The highest BCUT2D eigenvalue weighted by atomic mass is 31.2. The van der Waals surface area contributed by atoms with Crippen LogP contribution in [0.1, 0.15) is 25.3 Å². The van der Waals surface area contributed by atoms with Crippen molar-refractivity contribution in [2.24, 2.45) is 0 Å². The highest BCUT2D eigenvalue weighted by Crippen LogP contribution is 2.56.